The minimum absolute atomic E-state index is 0.171. The third-order valence-electron chi connectivity index (χ3n) is 3.31. The number of aromatic carboxylic acids is 1. The summed E-state index contributed by atoms with van der Waals surface area (Å²) >= 11 is 0. The van der Waals surface area contributed by atoms with E-state index >= 15 is 0 Å². The Morgan fingerprint density at radius 3 is 2.16 bits per heavy atom. The molecule has 2 aromatic rings. The topological polar surface area (TPSA) is 148 Å². The van der Waals surface area contributed by atoms with Gasteiger partial charge in [0.15, 0.2) is 0 Å². The van der Waals surface area contributed by atoms with Gasteiger partial charge in [-0.2, -0.15) is 9.98 Å². The maximum atomic E-state index is 10.7. The maximum absolute atomic E-state index is 10.7. The highest BCUT2D eigenvalue weighted by atomic mass is 16.4. The van der Waals surface area contributed by atoms with Crippen LogP contribution in [0, 0.1) is 0 Å². The van der Waals surface area contributed by atoms with Gasteiger partial charge in [0.05, 0.1) is 22.3 Å². The van der Waals surface area contributed by atoms with Gasteiger partial charge in [0.1, 0.15) is 0 Å². The van der Waals surface area contributed by atoms with Crippen molar-refractivity contribution in [2.45, 2.75) is 12.5 Å². The number of carboxylic acid groups (broad SMARTS) is 1. The quantitative estimate of drug-likeness (QED) is 0.705. The minimum atomic E-state index is -1.01. The first kappa shape index (κ1) is 18.0. The first-order valence-electron chi connectivity index (χ1n) is 7.30. The molecular formula is C17H16N4O4. The van der Waals surface area contributed by atoms with Crippen LogP contribution < -0.4 is 22.2 Å². The Bertz CT molecular complexity index is 903. The second kappa shape index (κ2) is 7.93. The summed E-state index contributed by atoms with van der Waals surface area (Å²) in [6.07, 6.45) is 0.246. The number of carboxylic acids is 1. The molecule has 128 valence electrons. The number of hydrogen-bond donors (Lipinski definition) is 3. The van der Waals surface area contributed by atoms with E-state index in [1.807, 2.05) is 12.1 Å². The van der Waals surface area contributed by atoms with Gasteiger partial charge in [0.2, 0.25) is 5.91 Å². The third-order valence-corrected chi connectivity index (χ3v) is 3.31. The van der Waals surface area contributed by atoms with E-state index in [0.29, 0.717) is 16.3 Å². The molecule has 0 aromatic heterocycles. The van der Waals surface area contributed by atoms with Crippen molar-refractivity contribution in [1.29, 1.82) is 0 Å². The highest BCUT2D eigenvalue weighted by Crippen LogP contribution is 2.07. The molecule has 0 radical (unpaired) electrons. The van der Waals surface area contributed by atoms with Gasteiger partial charge in [0.25, 0.3) is 0 Å². The van der Waals surface area contributed by atoms with E-state index in [0.717, 1.165) is 0 Å². The molecule has 1 atom stereocenters. The van der Waals surface area contributed by atoms with Gasteiger partial charge in [-0.15, -0.1) is 0 Å². The lowest BCUT2D eigenvalue weighted by atomic mass is 10.0. The predicted molar refractivity (Wildman–Crippen MR) is 88.4 cm³/mol. The second-order valence-electron chi connectivity index (χ2n) is 5.21. The van der Waals surface area contributed by atoms with Crippen LogP contribution >= 0.6 is 0 Å². The van der Waals surface area contributed by atoms with Crippen molar-refractivity contribution in [3.05, 3.63) is 70.4 Å². The molecule has 8 heteroatoms. The summed E-state index contributed by atoms with van der Waals surface area (Å²) in [4.78, 5) is 39.2. The third kappa shape index (κ3) is 5.05. The number of carbonyl (C=O) groups is 3. The van der Waals surface area contributed by atoms with E-state index in [9.17, 15) is 14.4 Å². The van der Waals surface area contributed by atoms with Crippen molar-refractivity contribution < 1.29 is 19.5 Å². The molecule has 0 spiro atoms. The fourth-order valence-corrected chi connectivity index (χ4v) is 2.07. The van der Waals surface area contributed by atoms with Crippen LogP contribution in [0.1, 0.15) is 15.9 Å². The van der Waals surface area contributed by atoms with Crippen LogP contribution in [-0.4, -0.2) is 29.1 Å². The monoisotopic (exact) mass is 340 g/mol. The van der Waals surface area contributed by atoms with E-state index in [2.05, 4.69) is 9.98 Å². The molecule has 0 unspecified atom stereocenters. The zero-order chi connectivity index (χ0) is 18.4. The summed E-state index contributed by atoms with van der Waals surface area (Å²) in [6, 6.07) is 12.3. The SMILES string of the molecule is NC(=O)[C@@H](N)Cc1cccc(C(=O)O)c1.O=C1N=c2ccccc2=N1. The summed E-state index contributed by atoms with van der Waals surface area (Å²) in [5.41, 5.74) is 11.3. The standard InChI is InChI=1S/C10H12N2O3.C7H4N2O/c11-8(9(12)13)5-6-2-1-3-7(4-6)10(14)15;10-7-8-5-3-1-2-4-6(5)9-7/h1-4,8H,5,11H2,(H2,12,13)(H,14,15);1-4H/t8-;/m0./s1. The number of carbonyl (C=O) groups excluding carboxylic acids is 2. The predicted octanol–water partition coefficient (Wildman–Crippen LogP) is -0.201. The number of nitrogens with zero attached hydrogens (tertiary/aromatic N) is 2. The van der Waals surface area contributed by atoms with Crippen molar-refractivity contribution in [3.63, 3.8) is 0 Å². The number of hydrogen-bond acceptors (Lipinski definition) is 4. The molecule has 25 heavy (non-hydrogen) atoms. The van der Waals surface area contributed by atoms with Crippen LogP contribution in [0.2, 0.25) is 0 Å². The molecule has 0 aliphatic carbocycles. The van der Waals surface area contributed by atoms with Gasteiger partial charge >= 0.3 is 12.0 Å². The molecule has 2 aromatic carbocycles. The van der Waals surface area contributed by atoms with Crippen LogP contribution in [0.25, 0.3) is 0 Å². The molecule has 3 rings (SSSR count). The Hall–Kier alpha value is -3.39. The number of urea groups is 1. The molecule has 0 saturated carbocycles. The van der Waals surface area contributed by atoms with Gasteiger partial charge < -0.3 is 16.6 Å². The van der Waals surface area contributed by atoms with E-state index in [4.69, 9.17) is 16.6 Å². The number of fused-ring (bicyclic) bond motifs is 1. The van der Waals surface area contributed by atoms with Gasteiger partial charge in [-0.05, 0) is 36.2 Å². The lowest BCUT2D eigenvalue weighted by molar-refractivity contribution is -0.119. The molecule has 0 fully saturated rings. The summed E-state index contributed by atoms with van der Waals surface area (Å²) in [5, 5.41) is 10.1. The highest BCUT2D eigenvalue weighted by molar-refractivity contribution is 5.87. The summed E-state index contributed by atoms with van der Waals surface area (Å²) in [5.74, 6) is -1.61. The molecule has 0 saturated heterocycles. The molecular weight excluding hydrogens is 324 g/mol. The van der Waals surface area contributed by atoms with Crippen LogP contribution in [0.5, 0.6) is 0 Å². The molecule has 1 heterocycles. The second-order valence-corrected chi connectivity index (χ2v) is 5.21. The molecule has 8 nitrogen and oxygen atoms in total. The normalized spacial score (nSPS) is 12.8. The largest absolute Gasteiger partial charge is 0.478 e. The van der Waals surface area contributed by atoms with Crippen LogP contribution in [-0.2, 0) is 11.2 Å². The van der Waals surface area contributed by atoms with E-state index in [-0.39, 0.29) is 12.0 Å². The number of amides is 3. The minimum Gasteiger partial charge on any atom is -0.478 e. The maximum Gasteiger partial charge on any atom is 0.368 e. The fourth-order valence-electron chi connectivity index (χ4n) is 2.07. The van der Waals surface area contributed by atoms with Gasteiger partial charge in [0, 0.05) is 0 Å². The van der Waals surface area contributed by atoms with Crippen LogP contribution in [0.4, 0.5) is 4.79 Å². The molecule has 0 bridgehead atoms. The number of primary amides is 1. The lowest BCUT2D eigenvalue weighted by Gasteiger charge is -2.07. The van der Waals surface area contributed by atoms with Crippen molar-refractivity contribution in [2.75, 3.05) is 0 Å². The molecule has 5 N–H and O–H groups in total. The zero-order valence-electron chi connectivity index (χ0n) is 13.1. The lowest BCUT2D eigenvalue weighted by Crippen LogP contribution is -2.38. The number of benzene rings is 2. The zero-order valence-corrected chi connectivity index (χ0v) is 13.1. The Morgan fingerprint density at radius 1 is 1.04 bits per heavy atom. The summed E-state index contributed by atoms with van der Waals surface area (Å²) in [6.45, 7) is 0. The Kier molecular flexibility index (Phi) is 5.70. The summed E-state index contributed by atoms with van der Waals surface area (Å²) in [7, 11) is 0. The molecule has 3 amide bonds. The number of nitrogens with two attached hydrogens (primary N) is 2. The Labute approximate surface area is 142 Å². The Balaban J connectivity index is 0.000000194. The first-order valence-corrected chi connectivity index (χ1v) is 7.30. The van der Waals surface area contributed by atoms with Crippen molar-refractivity contribution in [3.8, 4) is 0 Å². The van der Waals surface area contributed by atoms with Crippen LogP contribution in [0.15, 0.2) is 58.5 Å². The van der Waals surface area contributed by atoms with E-state index < -0.39 is 23.9 Å². The number of rotatable bonds is 4. The fraction of sp³-hybridized carbons (Fsp3) is 0.118. The highest BCUT2D eigenvalue weighted by Gasteiger charge is 2.11. The molecule has 1 aliphatic heterocycles. The van der Waals surface area contributed by atoms with E-state index in [1.165, 1.54) is 12.1 Å². The smallest absolute Gasteiger partial charge is 0.368 e. The van der Waals surface area contributed by atoms with E-state index in [1.54, 1.807) is 24.3 Å². The molecule has 1 aliphatic rings. The van der Waals surface area contributed by atoms with Gasteiger partial charge in [-0.1, -0.05) is 24.3 Å². The van der Waals surface area contributed by atoms with Crippen molar-refractivity contribution in [2.24, 2.45) is 21.5 Å². The average molecular weight is 340 g/mol. The summed E-state index contributed by atoms with van der Waals surface area (Å²) < 4.78 is 0. The first-order chi connectivity index (χ1) is 11.9. The van der Waals surface area contributed by atoms with Gasteiger partial charge in [-0.3, -0.25) is 4.79 Å². The van der Waals surface area contributed by atoms with Crippen molar-refractivity contribution in [1.82, 2.24) is 0 Å². The Morgan fingerprint density at radius 2 is 1.64 bits per heavy atom. The number of para-hydroxylation sites is 2. The average Bonchev–Trinajstić information content (AvgIpc) is 2.95. The van der Waals surface area contributed by atoms with Crippen molar-refractivity contribution >= 4 is 17.9 Å². The van der Waals surface area contributed by atoms with Gasteiger partial charge in [-0.25, -0.2) is 9.59 Å². The van der Waals surface area contributed by atoms with Crippen LogP contribution in [0.3, 0.4) is 0 Å².